The Bertz CT molecular complexity index is 551. The van der Waals surface area contributed by atoms with Crippen molar-refractivity contribution < 1.29 is 13.9 Å². The SMILES string of the molecule is COC(=O)c1coc(CNc2cccc(Br)c2)c1. The summed E-state index contributed by atoms with van der Waals surface area (Å²) in [5.41, 5.74) is 1.39. The lowest BCUT2D eigenvalue weighted by Crippen LogP contribution is -2.00. The van der Waals surface area contributed by atoms with Gasteiger partial charge in [0.1, 0.15) is 12.0 Å². The topological polar surface area (TPSA) is 51.5 Å². The third-order valence-electron chi connectivity index (χ3n) is 2.37. The van der Waals surface area contributed by atoms with E-state index in [9.17, 15) is 4.79 Å². The summed E-state index contributed by atoms with van der Waals surface area (Å²) in [6.07, 6.45) is 1.39. The lowest BCUT2D eigenvalue weighted by Gasteiger charge is -2.04. The third-order valence-corrected chi connectivity index (χ3v) is 2.86. The third kappa shape index (κ3) is 3.13. The Morgan fingerprint density at radius 2 is 2.28 bits per heavy atom. The van der Waals surface area contributed by atoms with Gasteiger partial charge < -0.3 is 14.5 Å². The second-order valence-electron chi connectivity index (χ2n) is 3.66. The minimum atomic E-state index is -0.396. The number of benzene rings is 1. The molecule has 0 saturated carbocycles. The molecule has 1 aromatic carbocycles. The molecule has 0 radical (unpaired) electrons. The van der Waals surface area contributed by atoms with E-state index < -0.39 is 5.97 Å². The fourth-order valence-electron chi connectivity index (χ4n) is 1.49. The maximum Gasteiger partial charge on any atom is 0.341 e. The van der Waals surface area contributed by atoms with E-state index in [1.807, 2.05) is 24.3 Å². The van der Waals surface area contributed by atoms with Gasteiger partial charge >= 0.3 is 5.97 Å². The molecule has 0 unspecified atom stereocenters. The van der Waals surface area contributed by atoms with Crippen LogP contribution < -0.4 is 5.32 Å². The van der Waals surface area contributed by atoms with Gasteiger partial charge in [0.05, 0.1) is 19.2 Å². The molecule has 0 bridgehead atoms. The zero-order chi connectivity index (χ0) is 13.0. The lowest BCUT2D eigenvalue weighted by atomic mass is 10.3. The van der Waals surface area contributed by atoms with E-state index in [4.69, 9.17) is 4.42 Å². The van der Waals surface area contributed by atoms with Crippen molar-refractivity contribution in [1.29, 1.82) is 0 Å². The Morgan fingerprint density at radius 1 is 1.44 bits per heavy atom. The van der Waals surface area contributed by atoms with Gasteiger partial charge in [0.2, 0.25) is 0 Å². The van der Waals surface area contributed by atoms with Crippen LogP contribution in [0.4, 0.5) is 5.69 Å². The lowest BCUT2D eigenvalue weighted by molar-refractivity contribution is 0.0600. The number of halogens is 1. The highest BCUT2D eigenvalue weighted by Crippen LogP contribution is 2.17. The zero-order valence-corrected chi connectivity index (χ0v) is 11.4. The van der Waals surface area contributed by atoms with Crippen LogP contribution in [-0.2, 0) is 11.3 Å². The highest BCUT2D eigenvalue weighted by Gasteiger charge is 2.09. The molecular formula is C13H12BrNO3. The van der Waals surface area contributed by atoms with Crippen LogP contribution in [0.5, 0.6) is 0 Å². The highest BCUT2D eigenvalue weighted by molar-refractivity contribution is 9.10. The van der Waals surface area contributed by atoms with Crippen molar-refractivity contribution in [1.82, 2.24) is 0 Å². The monoisotopic (exact) mass is 309 g/mol. The summed E-state index contributed by atoms with van der Waals surface area (Å²) in [5.74, 6) is 0.280. The molecule has 0 atom stereocenters. The maximum absolute atomic E-state index is 11.2. The van der Waals surface area contributed by atoms with Gasteiger partial charge in [-0.05, 0) is 24.3 Å². The summed E-state index contributed by atoms with van der Waals surface area (Å²) in [6.45, 7) is 0.507. The quantitative estimate of drug-likeness (QED) is 0.879. The van der Waals surface area contributed by atoms with Crippen LogP contribution in [0.2, 0.25) is 0 Å². The molecule has 1 aromatic heterocycles. The van der Waals surface area contributed by atoms with Gasteiger partial charge in [-0.1, -0.05) is 22.0 Å². The fraction of sp³-hybridized carbons (Fsp3) is 0.154. The van der Waals surface area contributed by atoms with E-state index in [1.54, 1.807) is 6.07 Å². The number of carbonyl (C=O) groups is 1. The van der Waals surface area contributed by atoms with Crippen LogP contribution in [0.25, 0.3) is 0 Å². The fourth-order valence-corrected chi connectivity index (χ4v) is 1.89. The van der Waals surface area contributed by atoms with E-state index >= 15 is 0 Å². The Morgan fingerprint density at radius 3 is 3.00 bits per heavy atom. The van der Waals surface area contributed by atoms with Gasteiger partial charge in [-0.3, -0.25) is 0 Å². The minimum Gasteiger partial charge on any atom is -0.467 e. The molecule has 2 rings (SSSR count). The Hall–Kier alpha value is -1.75. The van der Waals surface area contributed by atoms with Crippen molar-refractivity contribution in [2.24, 2.45) is 0 Å². The van der Waals surface area contributed by atoms with Crippen molar-refractivity contribution >= 4 is 27.6 Å². The summed E-state index contributed by atoms with van der Waals surface area (Å²) in [5, 5.41) is 3.20. The van der Waals surface area contributed by atoms with Crippen molar-refractivity contribution in [3.05, 3.63) is 52.4 Å². The maximum atomic E-state index is 11.2. The van der Waals surface area contributed by atoms with Gasteiger partial charge in [-0.15, -0.1) is 0 Å². The molecule has 0 aliphatic heterocycles. The molecule has 1 N–H and O–H groups in total. The number of ether oxygens (including phenoxy) is 1. The van der Waals surface area contributed by atoms with E-state index in [0.29, 0.717) is 17.9 Å². The van der Waals surface area contributed by atoms with Crippen molar-refractivity contribution in [2.45, 2.75) is 6.54 Å². The van der Waals surface area contributed by atoms with Crippen LogP contribution in [0.15, 0.2) is 45.5 Å². The molecule has 5 heteroatoms. The number of methoxy groups -OCH3 is 1. The molecule has 94 valence electrons. The minimum absolute atomic E-state index is 0.396. The van der Waals surface area contributed by atoms with Crippen LogP contribution in [0.1, 0.15) is 16.1 Å². The van der Waals surface area contributed by atoms with Crippen LogP contribution in [0.3, 0.4) is 0 Å². The van der Waals surface area contributed by atoms with Crippen LogP contribution in [0, 0.1) is 0 Å². The molecule has 0 saturated heterocycles. The molecule has 0 amide bonds. The number of carbonyl (C=O) groups excluding carboxylic acids is 1. The van der Waals surface area contributed by atoms with Crippen molar-refractivity contribution in [2.75, 3.05) is 12.4 Å². The Kier molecular flexibility index (Phi) is 4.04. The average molecular weight is 310 g/mol. The first-order chi connectivity index (χ1) is 8.69. The number of hydrogen-bond acceptors (Lipinski definition) is 4. The molecule has 1 heterocycles. The second kappa shape index (κ2) is 5.73. The van der Waals surface area contributed by atoms with Crippen LogP contribution >= 0.6 is 15.9 Å². The summed E-state index contributed by atoms with van der Waals surface area (Å²) in [7, 11) is 1.34. The Labute approximate surface area is 113 Å². The largest absolute Gasteiger partial charge is 0.467 e. The predicted molar refractivity (Wildman–Crippen MR) is 71.5 cm³/mol. The zero-order valence-electron chi connectivity index (χ0n) is 9.77. The molecule has 18 heavy (non-hydrogen) atoms. The number of nitrogens with one attached hydrogen (secondary N) is 1. The number of esters is 1. The number of hydrogen-bond donors (Lipinski definition) is 1. The number of rotatable bonds is 4. The van der Waals surface area contributed by atoms with Gasteiger partial charge in [-0.25, -0.2) is 4.79 Å². The predicted octanol–water partition coefficient (Wildman–Crippen LogP) is 3.44. The molecule has 0 fully saturated rings. The highest BCUT2D eigenvalue weighted by atomic mass is 79.9. The summed E-state index contributed by atoms with van der Waals surface area (Å²) in [4.78, 5) is 11.2. The first kappa shape index (κ1) is 12.7. The summed E-state index contributed by atoms with van der Waals surface area (Å²) >= 11 is 3.40. The molecule has 0 aliphatic carbocycles. The molecular weight excluding hydrogens is 298 g/mol. The van der Waals surface area contributed by atoms with E-state index in [1.165, 1.54) is 13.4 Å². The number of anilines is 1. The van der Waals surface area contributed by atoms with Gasteiger partial charge in [-0.2, -0.15) is 0 Å². The van der Waals surface area contributed by atoms with Crippen molar-refractivity contribution in [3.8, 4) is 0 Å². The molecule has 4 nitrogen and oxygen atoms in total. The molecule has 0 aliphatic rings. The molecule has 2 aromatic rings. The first-order valence-electron chi connectivity index (χ1n) is 5.34. The summed E-state index contributed by atoms with van der Waals surface area (Å²) in [6, 6.07) is 9.47. The van der Waals surface area contributed by atoms with E-state index in [-0.39, 0.29) is 0 Å². The van der Waals surface area contributed by atoms with E-state index in [0.717, 1.165) is 10.2 Å². The standard InChI is InChI=1S/C13H12BrNO3/c1-17-13(16)9-5-12(18-8-9)7-15-11-4-2-3-10(14)6-11/h2-6,8,15H,7H2,1H3. The Balaban J connectivity index is 1.98. The number of furan rings is 1. The average Bonchev–Trinajstić information content (AvgIpc) is 2.84. The second-order valence-corrected chi connectivity index (χ2v) is 4.57. The van der Waals surface area contributed by atoms with Gasteiger partial charge in [0.25, 0.3) is 0 Å². The normalized spacial score (nSPS) is 10.1. The van der Waals surface area contributed by atoms with Gasteiger partial charge in [0.15, 0.2) is 0 Å². The van der Waals surface area contributed by atoms with Crippen molar-refractivity contribution in [3.63, 3.8) is 0 Å². The van der Waals surface area contributed by atoms with Gasteiger partial charge in [0, 0.05) is 10.2 Å². The first-order valence-corrected chi connectivity index (χ1v) is 6.13. The van der Waals surface area contributed by atoms with Crippen LogP contribution in [-0.4, -0.2) is 13.1 Å². The molecule has 0 spiro atoms. The smallest absolute Gasteiger partial charge is 0.341 e. The van der Waals surface area contributed by atoms with E-state index in [2.05, 4.69) is 26.0 Å². The summed E-state index contributed by atoms with van der Waals surface area (Å²) < 4.78 is 10.9.